The number of carbonyl (C=O) groups excluding carboxylic acids is 1. The van der Waals surface area contributed by atoms with Crippen LogP contribution in [0.3, 0.4) is 0 Å². The molecule has 1 aliphatic rings. The molecule has 1 aromatic rings. The molecule has 0 N–H and O–H groups in total. The van der Waals surface area contributed by atoms with Gasteiger partial charge in [-0.15, -0.1) is 0 Å². The van der Waals surface area contributed by atoms with E-state index in [2.05, 4.69) is 4.90 Å². The highest BCUT2D eigenvalue weighted by Crippen LogP contribution is 2.16. The van der Waals surface area contributed by atoms with Gasteiger partial charge in [0.05, 0.1) is 6.42 Å². The summed E-state index contributed by atoms with van der Waals surface area (Å²) in [6, 6.07) is 7.58. The first-order chi connectivity index (χ1) is 11.2. The second kappa shape index (κ2) is 9.91. The van der Waals surface area contributed by atoms with Crippen LogP contribution in [0.15, 0.2) is 24.3 Å². The average molecular weight is 339 g/mol. The summed E-state index contributed by atoms with van der Waals surface area (Å²) >= 11 is 6.14. The van der Waals surface area contributed by atoms with Gasteiger partial charge in [0.25, 0.3) is 0 Å². The minimum atomic E-state index is 0.179. The molecule has 4 nitrogen and oxygen atoms in total. The van der Waals surface area contributed by atoms with Gasteiger partial charge in [0.15, 0.2) is 0 Å². The molecule has 1 heterocycles. The van der Waals surface area contributed by atoms with Crippen molar-refractivity contribution in [1.29, 1.82) is 0 Å². The third kappa shape index (κ3) is 6.13. The Morgan fingerprint density at radius 2 is 1.87 bits per heavy atom. The molecule has 1 saturated heterocycles. The molecule has 5 heteroatoms. The Morgan fingerprint density at radius 1 is 1.13 bits per heavy atom. The van der Waals surface area contributed by atoms with Crippen LogP contribution in [-0.2, 0) is 16.0 Å². The lowest BCUT2D eigenvalue weighted by atomic mass is 10.1. The Labute approximate surface area is 144 Å². The van der Waals surface area contributed by atoms with E-state index >= 15 is 0 Å². The van der Waals surface area contributed by atoms with Gasteiger partial charge in [-0.1, -0.05) is 29.8 Å². The van der Waals surface area contributed by atoms with E-state index in [0.717, 1.165) is 51.3 Å². The largest absolute Gasteiger partial charge is 0.385 e. The fourth-order valence-corrected chi connectivity index (χ4v) is 3.10. The number of ether oxygens (including phenoxy) is 1. The first-order valence-corrected chi connectivity index (χ1v) is 8.81. The van der Waals surface area contributed by atoms with E-state index in [-0.39, 0.29) is 5.91 Å². The minimum absolute atomic E-state index is 0.179. The summed E-state index contributed by atoms with van der Waals surface area (Å²) in [5.74, 6) is 0.179. The van der Waals surface area contributed by atoms with Crippen molar-refractivity contribution in [3.05, 3.63) is 34.9 Å². The average Bonchev–Trinajstić information content (AvgIpc) is 2.57. The van der Waals surface area contributed by atoms with Crippen LogP contribution < -0.4 is 0 Å². The molecule has 2 rings (SSSR count). The number of piperazine rings is 1. The number of halogens is 1. The third-order valence-electron chi connectivity index (χ3n) is 4.35. The molecule has 1 aromatic carbocycles. The Morgan fingerprint density at radius 3 is 2.57 bits per heavy atom. The summed E-state index contributed by atoms with van der Waals surface area (Å²) < 4.78 is 5.06. The monoisotopic (exact) mass is 338 g/mol. The SMILES string of the molecule is COCCCCCN1CCN(C(=O)Cc2ccccc2Cl)CC1. The zero-order valence-electron chi connectivity index (χ0n) is 14.0. The lowest BCUT2D eigenvalue weighted by Crippen LogP contribution is -2.49. The normalized spacial score (nSPS) is 15.8. The molecule has 1 fully saturated rings. The highest BCUT2D eigenvalue weighted by molar-refractivity contribution is 6.31. The molecule has 0 saturated carbocycles. The van der Waals surface area contributed by atoms with Crippen molar-refractivity contribution >= 4 is 17.5 Å². The van der Waals surface area contributed by atoms with E-state index in [1.165, 1.54) is 12.8 Å². The molecule has 0 aliphatic carbocycles. The molecule has 0 radical (unpaired) electrons. The van der Waals surface area contributed by atoms with Crippen LogP contribution >= 0.6 is 11.6 Å². The summed E-state index contributed by atoms with van der Waals surface area (Å²) in [7, 11) is 1.75. The highest BCUT2D eigenvalue weighted by Gasteiger charge is 2.21. The van der Waals surface area contributed by atoms with Crippen molar-refractivity contribution in [2.75, 3.05) is 46.4 Å². The van der Waals surface area contributed by atoms with Gasteiger partial charge < -0.3 is 9.64 Å². The Bertz CT molecular complexity index is 488. The molecule has 0 unspecified atom stereocenters. The first-order valence-electron chi connectivity index (χ1n) is 8.43. The molecule has 0 aromatic heterocycles. The zero-order valence-corrected chi connectivity index (χ0v) is 14.7. The predicted octanol–water partition coefficient (Wildman–Crippen LogP) is 2.84. The maximum atomic E-state index is 12.4. The van der Waals surface area contributed by atoms with Crippen LogP contribution in [-0.4, -0.2) is 62.1 Å². The molecule has 0 spiro atoms. The summed E-state index contributed by atoms with van der Waals surface area (Å²) in [5, 5.41) is 0.676. The Balaban J connectivity index is 1.67. The zero-order chi connectivity index (χ0) is 16.5. The lowest BCUT2D eigenvalue weighted by Gasteiger charge is -2.34. The molecule has 23 heavy (non-hydrogen) atoms. The van der Waals surface area contributed by atoms with Gasteiger partial charge in [0.2, 0.25) is 5.91 Å². The number of rotatable bonds is 8. The van der Waals surface area contributed by atoms with Crippen LogP contribution in [0.25, 0.3) is 0 Å². The highest BCUT2D eigenvalue weighted by atomic mass is 35.5. The van der Waals surface area contributed by atoms with Crippen LogP contribution in [0.2, 0.25) is 5.02 Å². The van der Waals surface area contributed by atoms with Crippen molar-refractivity contribution in [2.45, 2.75) is 25.7 Å². The van der Waals surface area contributed by atoms with Crippen LogP contribution in [0.1, 0.15) is 24.8 Å². The standard InChI is InChI=1S/C18H27ClN2O2/c1-23-14-6-2-5-9-20-10-12-21(13-11-20)18(22)15-16-7-3-4-8-17(16)19/h3-4,7-8H,2,5-6,9-15H2,1H3. The molecule has 1 aliphatic heterocycles. The maximum Gasteiger partial charge on any atom is 0.227 e. The van der Waals surface area contributed by atoms with Crippen molar-refractivity contribution in [1.82, 2.24) is 9.80 Å². The van der Waals surface area contributed by atoms with Crippen LogP contribution in [0.4, 0.5) is 0 Å². The summed E-state index contributed by atoms with van der Waals surface area (Å²) in [6.07, 6.45) is 3.94. The van der Waals surface area contributed by atoms with E-state index in [1.54, 1.807) is 7.11 Å². The molecule has 0 atom stereocenters. The smallest absolute Gasteiger partial charge is 0.227 e. The minimum Gasteiger partial charge on any atom is -0.385 e. The number of benzene rings is 1. The van der Waals surface area contributed by atoms with Gasteiger partial charge in [-0.2, -0.15) is 0 Å². The quantitative estimate of drug-likeness (QED) is 0.683. The van der Waals surface area contributed by atoms with Gasteiger partial charge >= 0.3 is 0 Å². The van der Waals surface area contributed by atoms with Gasteiger partial charge in [-0.05, 0) is 37.4 Å². The maximum absolute atomic E-state index is 12.4. The summed E-state index contributed by atoms with van der Waals surface area (Å²) in [4.78, 5) is 16.8. The van der Waals surface area contributed by atoms with Gasteiger partial charge in [-0.25, -0.2) is 0 Å². The number of hydrogen-bond acceptors (Lipinski definition) is 3. The number of nitrogens with zero attached hydrogens (tertiary/aromatic N) is 2. The van der Waals surface area contributed by atoms with Crippen molar-refractivity contribution in [3.8, 4) is 0 Å². The van der Waals surface area contributed by atoms with Crippen molar-refractivity contribution in [2.24, 2.45) is 0 Å². The van der Waals surface area contributed by atoms with E-state index in [9.17, 15) is 4.79 Å². The Kier molecular flexibility index (Phi) is 7.86. The molecule has 128 valence electrons. The van der Waals surface area contributed by atoms with Gasteiger partial charge in [0.1, 0.15) is 0 Å². The van der Waals surface area contributed by atoms with Crippen molar-refractivity contribution in [3.63, 3.8) is 0 Å². The van der Waals surface area contributed by atoms with E-state index in [0.29, 0.717) is 11.4 Å². The number of hydrogen-bond donors (Lipinski definition) is 0. The molecular weight excluding hydrogens is 312 g/mol. The van der Waals surface area contributed by atoms with Crippen LogP contribution in [0, 0.1) is 0 Å². The topological polar surface area (TPSA) is 32.8 Å². The number of unbranched alkanes of at least 4 members (excludes halogenated alkanes) is 2. The molecular formula is C18H27ClN2O2. The number of methoxy groups -OCH3 is 1. The lowest BCUT2D eigenvalue weighted by molar-refractivity contribution is -0.132. The number of carbonyl (C=O) groups is 1. The number of amides is 1. The van der Waals surface area contributed by atoms with Crippen LogP contribution in [0.5, 0.6) is 0 Å². The first kappa shape index (κ1) is 18.2. The van der Waals surface area contributed by atoms with E-state index < -0.39 is 0 Å². The van der Waals surface area contributed by atoms with Crippen molar-refractivity contribution < 1.29 is 9.53 Å². The Hall–Kier alpha value is -1.10. The predicted molar refractivity (Wildman–Crippen MR) is 93.9 cm³/mol. The van der Waals surface area contributed by atoms with Gasteiger partial charge in [-0.3, -0.25) is 9.69 Å². The third-order valence-corrected chi connectivity index (χ3v) is 4.72. The molecule has 0 bridgehead atoms. The summed E-state index contributed by atoms with van der Waals surface area (Å²) in [6.45, 7) is 5.56. The summed E-state index contributed by atoms with van der Waals surface area (Å²) in [5.41, 5.74) is 0.916. The second-order valence-electron chi connectivity index (χ2n) is 6.04. The molecule has 1 amide bonds. The van der Waals surface area contributed by atoms with E-state index in [4.69, 9.17) is 16.3 Å². The fourth-order valence-electron chi connectivity index (χ4n) is 2.90. The second-order valence-corrected chi connectivity index (χ2v) is 6.45. The van der Waals surface area contributed by atoms with Gasteiger partial charge in [0, 0.05) is 44.9 Å². The fraction of sp³-hybridized carbons (Fsp3) is 0.611. The van der Waals surface area contributed by atoms with E-state index in [1.807, 2.05) is 29.2 Å².